The number of hydrogen-bond donors (Lipinski definition) is 4. The SMILES string of the molecule is Cc1cn([C@H]2C[C@H](n3nnc(CO)c3CO)[C@@H](CO)O2)c(=O)[nH]c1=O. The van der Waals surface area contributed by atoms with Crippen molar-refractivity contribution in [3.63, 3.8) is 0 Å². The Labute approximate surface area is 141 Å². The summed E-state index contributed by atoms with van der Waals surface area (Å²) in [5.41, 5.74) is -0.178. The predicted molar refractivity (Wildman–Crippen MR) is 82.6 cm³/mol. The van der Waals surface area contributed by atoms with Gasteiger partial charge in [-0.05, 0) is 6.92 Å². The third-order valence-corrected chi connectivity index (χ3v) is 4.33. The van der Waals surface area contributed by atoms with Crippen molar-refractivity contribution in [2.75, 3.05) is 6.61 Å². The maximum Gasteiger partial charge on any atom is 0.330 e. The highest BCUT2D eigenvalue weighted by Gasteiger charge is 2.39. The smallest absolute Gasteiger partial charge is 0.330 e. The normalized spacial score (nSPS) is 23.3. The number of ether oxygens (including phenoxy) is 1. The fourth-order valence-corrected chi connectivity index (χ4v) is 3.01. The molecule has 1 aliphatic heterocycles. The lowest BCUT2D eigenvalue weighted by Crippen LogP contribution is -2.33. The van der Waals surface area contributed by atoms with Crippen molar-refractivity contribution < 1.29 is 20.1 Å². The van der Waals surface area contributed by atoms with Gasteiger partial charge in [-0.3, -0.25) is 14.3 Å². The van der Waals surface area contributed by atoms with Gasteiger partial charge in [-0.25, -0.2) is 9.48 Å². The minimum atomic E-state index is -0.724. The summed E-state index contributed by atoms with van der Waals surface area (Å²) in [7, 11) is 0. The Balaban J connectivity index is 1.96. The van der Waals surface area contributed by atoms with E-state index in [4.69, 9.17) is 4.74 Å². The molecule has 0 amide bonds. The molecule has 1 aliphatic rings. The Morgan fingerprint density at radius 1 is 1.32 bits per heavy atom. The molecular formula is C14H19N5O6. The van der Waals surface area contributed by atoms with E-state index in [-0.39, 0.29) is 31.9 Å². The van der Waals surface area contributed by atoms with Crippen LogP contribution in [0.15, 0.2) is 15.8 Å². The molecule has 2 aromatic rings. The minimum Gasteiger partial charge on any atom is -0.394 e. The maximum absolute atomic E-state index is 12.0. The molecule has 11 heteroatoms. The summed E-state index contributed by atoms with van der Waals surface area (Å²) in [5.74, 6) is 0. The number of nitrogens with zero attached hydrogens (tertiary/aromatic N) is 4. The number of aryl methyl sites for hydroxylation is 1. The molecule has 0 unspecified atom stereocenters. The molecule has 0 spiro atoms. The molecule has 25 heavy (non-hydrogen) atoms. The highest BCUT2D eigenvalue weighted by Crippen LogP contribution is 2.36. The summed E-state index contributed by atoms with van der Waals surface area (Å²) in [5, 5.41) is 36.1. The molecule has 0 aromatic carbocycles. The number of hydrogen-bond acceptors (Lipinski definition) is 8. The second-order valence-electron chi connectivity index (χ2n) is 5.84. The van der Waals surface area contributed by atoms with Crippen LogP contribution < -0.4 is 11.2 Å². The Hall–Kier alpha value is -2.34. The van der Waals surface area contributed by atoms with Gasteiger partial charge in [-0.1, -0.05) is 5.21 Å². The van der Waals surface area contributed by atoms with Crippen LogP contribution in [0.5, 0.6) is 0 Å². The summed E-state index contributed by atoms with van der Waals surface area (Å²) >= 11 is 0. The quantitative estimate of drug-likeness (QED) is 0.478. The molecule has 1 fully saturated rings. The van der Waals surface area contributed by atoms with Gasteiger partial charge in [-0.2, -0.15) is 0 Å². The summed E-state index contributed by atoms with van der Waals surface area (Å²) in [6.07, 6.45) is 0.245. The van der Waals surface area contributed by atoms with E-state index in [1.807, 2.05) is 0 Å². The lowest BCUT2D eigenvalue weighted by atomic mass is 10.1. The molecule has 136 valence electrons. The van der Waals surface area contributed by atoms with Crippen molar-refractivity contribution in [2.45, 2.75) is 44.9 Å². The number of aromatic amines is 1. The van der Waals surface area contributed by atoms with E-state index in [1.54, 1.807) is 6.92 Å². The molecule has 3 rings (SSSR count). The van der Waals surface area contributed by atoms with Crippen LogP contribution in [0.4, 0.5) is 0 Å². The fraction of sp³-hybridized carbons (Fsp3) is 0.571. The average molecular weight is 353 g/mol. The van der Waals surface area contributed by atoms with Crippen LogP contribution in [0.3, 0.4) is 0 Å². The molecule has 0 radical (unpaired) electrons. The fourth-order valence-electron chi connectivity index (χ4n) is 3.01. The third-order valence-electron chi connectivity index (χ3n) is 4.33. The van der Waals surface area contributed by atoms with Crippen molar-refractivity contribution in [3.05, 3.63) is 44.0 Å². The number of aromatic nitrogens is 5. The van der Waals surface area contributed by atoms with Crippen molar-refractivity contribution in [2.24, 2.45) is 0 Å². The molecule has 1 saturated heterocycles. The molecule has 2 aromatic heterocycles. The van der Waals surface area contributed by atoms with Crippen LogP contribution in [0.2, 0.25) is 0 Å². The van der Waals surface area contributed by atoms with Crippen LogP contribution in [-0.4, -0.2) is 52.6 Å². The molecule has 0 saturated carbocycles. The van der Waals surface area contributed by atoms with E-state index in [0.29, 0.717) is 11.3 Å². The zero-order valence-electron chi connectivity index (χ0n) is 13.5. The number of aliphatic hydroxyl groups is 3. The van der Waals surface area contributed by atoms with E-state index in [9.17, 15) is 24.9 Å². The molecule has 3 atom stereocenters. The summed E-state index contributed by atoms with van der Waals surface area (Å²) in [6.45, 7) is 0.464. The zero-order valence-corrected chi connectivity index (χ0v) is 13.5. The topological polar surface area (TPSA) is 155 Å². The van der Waals surface area contributed by atoms with Gasteiger partial charge in [0.1, 0.15) is 18.0 Å². The zero-order chi connectivity index (χ0) is 18.1. The van der Waals surface area contributed by atoms with Gasteiger partial charge in [0.2, 0.25) is 0 Å². The Morgan fingerprint density at radius 3 is 2.72 bits per heavy atom. The Kier molecular flexibility index (Phi) is 4.81. The van der Waals surface area contributed by atoms with Gasteiger partial charge in [0.15, 0.2) is 0 Å². The van der Waals surface area contributed by atoms with Gasteiger partial charge in [0, 0.05) is 18.2 Å². The second kappa shape index (κ2) is 6.88. The van der Waals surface area contributed by atoms with Crippen molar-refractivity contribution >= 4 is 0 Å². The van der Waals surface area contributed by atoms with Crippen LogP contribution in [0.1, 0.15) is 35.6 Å². The number of rotatable bonds is 5. The number of aliphatic hydroxyl groups excluding tert-OH is 3. The second-order valence-corrected chi connectivity index (χ2v) is 5.84. The van der Waals surface area contributed by atoms with Crippen LogP contribution in [-0.2, 0) is 18.0 Å². The first kappa shape index (κ1) is 17.5. The van der Waals surface area contributed by atoms with Gasteiger partial charge < -0.3 is 20.1 Å². The molecule has 0 aliphatic carbocycles. The highest BCUT2D eigenvalue weighted by molar-refractivity contribution is 5.10. The molecular weight excluding hydrogens is 334 g/mol. The van der Waals surface area contributed by atoms with Crippen molar-refractivity contribution in [1.29, 1.82) is 0 Å². The first-order valence-corrected chi connectivity index (χ1v) is 7.73. The molecule has 0 bridgehead atoms. The van der Waals surface area contributed by atoms with Crippen molar-refractivity contribution in [1.82, 2.24) is 24.5 Å². The average Bonchev–Trinajstić information content (AvgIpc) is 3.20. The third kappa shape index (κ3) is 3.02. The summed E-state index contributed by atoms with van der Waals surface area (Å²) in [4.78, 5) is 25.8. The molecule has 4 N–H and O–H groups in total. The first-order chi connectivity index (χ1) is 12.0. The molecule has 3 heterocycles. The van der Waals surface area contributed by atoms with E-state index in [1.165, 1.54) is 15.4 Å². The standard InChI is InChI=1S/C14H19N5O6/c1-7-3-18(14(24)15-13(7)23)12-2-9(11(6-22)25-12)19-10(5-21)8(4-20)16-17-19/h3,9,11-12,20-22H,2,4-6H2,1H3,(H,15,23,24)/t9-,11+,12+/m0/s1. The summed E-state index contributed by atoms with van der Waals surface area (Å²) < 4.78 is 8.39. The molecule has 11 nitrogen and oxygen atoms in total. The Bertz CT molecular complexity index is 871. The van der Waals surface area contributed by atoms with E-state index >= 15 is 0 Å². The summed E-state index contributed by atoms with van der Waals surface area (Å²) in [6, 6.07) is -0.496. The number of H-pyrrole nitrogens is 1. The van der Waals surface area contributed by atoms with Crippen molar-refractivity contribution in [3.8, 4) is 0 Å². The van der Waals surface area contributed by atoms with Gasteiger partial charge in [-0.15, -0.1) is 5.10 Å². The minimum absolute atomic E-state index is 0.236. The Morgan fingerprint density at radius 2 is 2.08 bits per heavy atom. The first-order valence-electron chi connectivity index (χ1n) is 7.73. The maximum atomic E-state index is 12.0. The number of nitrogens with one attached hydrogen (secondary N) is 1. The monoisotopic (exact) mass is 353 g/mol. The lowest BCUT2D eigenvalue weighted by Gasteiger charge is -2.17. The highest BCUT2D eigenvalue weighted by atomic mass is 16.5. The van der Waals surface area contributed by atoms with Crippen LogP contribution >= 0.6 is 0 Å². The van der Waals surface area contributed by atoms with E-state index in [0.717, 1.165) is 0 Å². The van der Waals surface area contributed by atoms with Gasteiger partial charge in [0.25, 0.3) is 5.56 Å². The predicted octanol–water partition coefficient (Wildman–Crippen LogP) is -2.06. The lowest BCUT2D eigenvalue weighted by molar-refractivity contribution is -0.0327. The largest absolute Gasteiger partial charge is 0.394 e. The van der Waals surface area contributed by atoms with Crippen LogP contribution in [0.25, 0.3) is 0 Å². The van der Waals surface area contributed by atoms with Gasteiger partial charge in [0.05, 0.1) is 31.6 Å². The van der Waals surface area contributed by atoms with Gasteiger partial charge >= 0.3 is 5.69 Å². The van der Waals surface area contributed by atoms with E-state index < -0.39 is 29.6 Å². The van der Waals surface area contributed by atoms with Crippen LogP contribution in [0, 0.1) is 6.92 Å². The van der Waals surface area contributed by atoms with E-state index in [2.05, 4.69) is 15.3 Å².